The molecule has 1 aromatic heterocycles. The van der Waals surface area contributed by atoms with Crippen molar-refractivity contribution in [3.63, 3.8) is 0 Å². The van der Waals surface area contributed by atoms with Crippen LogP contribution in [0.4, 0.5) is 0 Å². The third-order valence-corrected chi connectivity index (χ3v) is 6.31. The molecule has 4 fully saturated rings. The van der Waals surface area contributed by atoms with Crippen LogP contribution in [-0.2, 0) is 6.54 Å². The number of aliphatic hydroxyl groups is 1. The maximum absolute atomic E-state index is 11.1. The Morgan fingerprint density at radius 1 is 1.35 bits per heavy atom. The summed E-state index contributed by atoms with van der Waals surface area (Å²) in [6.07, 6.45) is 11.3. The van der Waals surface area contributed by atoms with E-state index in [1.165, 1.54) is 38.5 Å². The lowest BCUT2D eigenvalue weighted by Gasteiger charge is -2.62. The van der Waals surface area contributed by atoms with Crippen molar-refractivity contribution in [1.82, 2.24) is 9.55 Å². The van der Waals surface area contributed by atoms with E-state index < -0.39 is 0 Å². The molecule has 4 saturated carbocycles. The fraction of sp³-hybridized carbons (Fsp3) is 0.824. The van der Waals surface area contributed by atoms with E-state index >= 15 is 0 Å². The van der Waals surface area contributed by atoms with Gasteiger partial charge in [-0.3, -0.25) is 0 Å². The Morgan fingerprint density at radius 2 is 2.05 bits per heavy atom. The number of aryl methyl sites for hydroxylation is 1. The van der Waals surface area contributed by atoms with Gasteiger partial charge in [-0.05, 0) is 62.7 Å². The van der Waals surface area contributed by atoms with Gasteiger partial charge in [0.2, 0.25) is 0 Å². The van der Waals surface area contributed by atoms with Crippen molar-refractivity contribution in [1.29, 1.82) is 0 Å². The molecule has 3 nitrogen and oxygen atoms in total. The van der Waals surface area contributed by atoms with Crippen LogP contribution in [0.25, 0.3) is 0 Å². The van der Waals surface area contributed by atoms with Gasteiger partial charge in [0.1, 0.15) is 11.9 Å². The first-order valence-corrected chi connectivity index (χ1v) is 8.23. The molecule has 4 bridgehead atoms. The van der Waals surface area contributed by atoms with Gasteiger partial charge >= 0.3 is 0 Å². The lowest BCUT2D eigenvalue weighted by atomic mass is 9.43. The quantitative estimate of drug-likeness (QED) is 0.915. The molecular formula is C17H26N2O. The van der Waals surface area contributed by atoms with Gasteiger partial charge in [0.05, 0.1) is 0 Å². The largest absolute Gasteiger partial charge is 0.385 e. The SMILES string of the molecule is CCn1ccnc1C(O)C12CC3CC(CC(C)(C3)C1)C2. The van der Waals surface area contributed by atoms with Gasteiger partial charge in [-0.25, -0.2) is 4.98 Å². The molecule has 0 amide bonds. The monoisotopic (exact) mass is 274 g/mol. The third kappa shape index (κ3) is 1.71. The van der Waals surface area contributed by atoms with Crippen LogP contribution in [0.5, 0.6) is 0 Å². The van der Waals surface area contributed by atoms with Crippen LogP contribution in [0.2, 0.25) is 0 Å². The van der Waals surface area contributed by atoms with Gasteiger partial charge in [0.25, 0.3) is 0 Å². The minimum atomic E-state index is -0.373. The summed E-state index contributed by atoms with van der Waals surface area (Å²) in [7, 11) is 0. The van der Waals surface area contributed by atoms with E-state index in [2.05, 4.69) is 23.4 Å². The average molecular weight is 274 g/mol. The summed E-state index contributed by atoms with van der Waals surface area (Å²) < 4.78 is 2.12. The van der Waals surface area contributed by atoms with E-state index in [9.17, 15) is 5.11 Å². The lowest BCUT2D eigenvalue weighted by molar-refractivity contribution is -0.157. The second-order valence-electron chi connectivity index (χ2n) is 8.11. The highest BCUT2D eigenvalue weighted by Crippen LogP contribution is 2.68. The molecule has 0 spiro atoms. The molecule has 20 heavy (non-hydrogen) atoms. The predicted octanol–water partition coefficient (Wildman–Crippen LogP) is 3.54. The molecule has 4 aliphatic rings. The van der Waals surface area contributed by atoms with Crippen molar-refractivity contribution < 1.29 is 5.11 Å². The fourth-order valence-corrected chi connectivity index (χ4v) is 6.23. The first kappa shape index (κ1) is 12.9. The van der Waals surface area contributed by atoms with Crippen molar-refractivity contribution in [2.75, 3.05) is 0 Å². The topological polar surface area (TPSA) is 38.0 Å². The molecule has 1 aromatic rings. The molecule has 3 unspecified atom stereocenters. The Labute approximate surface area is 121 Å². The van der Waals surface area contributed by atoms with E-state index in [-0.39, 0.29) is 11.5 Å². The summed E-state index contributed by atoms with van der Waals surface area (Å²) in [6, 6.07) is 0. The summed E-state index contributed by atoms with van der Waals surface area (Å²) in [5.74, 6) is 2.60. The van der Waals surface area contributed by atoms with Gasteiger partial charge in [-0.2, -0.15) is 0 Å². The number of hydrogen-bond acceptors (Lipinski definition) is 2. The van der Waals surface area contributed by atoms with Gasteiger partial charge in [-0.1, -0.05) is 6.92 Å². The van der Waals surface area contributed by atoms with E-state index in [0.717, 1.165) is 24.2 Å². The Balaban J connectivity index is 1.70. The molecule has 1 heterocycles. The second kappa shape index (κ2) is 4.09. The molecule has 1 N–H and O–H groups in total. The fourth-order valence-electron chi connectivity index (χ4n) is 6.23. The van der Waals surface area contributed by atoms with Crippen molar-refractivity contribution in [3.05, 3.63) is 18.2 Å². The minimum absolute atomic E-state index is 0.108. The molecule has 3 heteroatoms. The number of imidazole rings is 1. The Kier molecular flexibility index (Phi) is 2.64. The zero-order chi connectivity index (χ0) is 14.0. The number of aromatic nitrogens is 2. The van der Waals surface area contributed by atoms with E-state index in [0.29, 0.717) is 5.41 Å². The van der Waals surface area contributed by atoms with Crippen LogP contribution in [0.3, 0.4) is 0 Å². The molecule has 0 aromatic carbocycles. The van der Waals surface area contributed by atoms with Crippen LogP contribution in [0.1, 0.15) is 64.3 Å². The molecule has 110 valence electrons. The Bertz CT molecular complexity index is 507. The highest BCUT2D eigenvalue weighted by atomic mass is 16.3. The highest BCUT2D eigenvalue weighted by Gasteiger charge is 2.59. The molecular weight excluding hydrogens is 248 g/mol. The number of rotatable bonds is 3. The number of nitrogens with zero attached hydrogens (tertiary/aromatic N) is 2. The minimum Gasteiger partial charge on any atom is -0.385 e. The lowest BCUT2D eigenvalue weighted by Crippen LogP contribution is -2.53. The summed E-state index contributed by atoms with van der Waals surface area (Å²) in [4.78, 5) is 4.48. The summed E-state index contributed by atoms with van der Waals surface area (Å²) in [6.45, 7) is 5.48. The Morgan fingerprint density at radius 3 is 2.65 bits per heavy atom. The summed E-state index contributed by atoms with van der Waals surface area (Å²) in [5.41, 5.74) is 0.589. The van der Waals surface area contributed by atoms with E-state index in [1.54, 1.807) is 0 Å². The maximum Gasteiger partial charge on any atom is 0.138 e. The molecule has 4 aliphatic carbocycles. The normalized spacial score (nSPS) is 44.0. The van der Waals surface area contributed by atoms with Crippen molar-refractivity contribution in [3.8, 4) is 0 Å². The second-order valence-corrected chi connectivity index (χ2v) is 8.11. The Hall–Kier alpha value is -0.830. The maximum atomic E-state index is 11.1. The van der Waals surface area contributed by atoms with Gasteiger partial charge in [0, 0.05) is 24.4 Å². The highest BCUT2D eigenvalue weighted by molar-refractivity contribution is 5.13. The molecule has 0 saturated heterocycles. The molecule has 3 atom stereocenters. The van der Waals surface area contributed by atoms with Crippen LogP contribution in [0.15, 0.2) is 12.4 Å². The molecule has 0 aliphatic heterocycles. The van der Waals surface area contributed by atoms with Crippen molar-refractivity contribution >= 4 is 0 Å². The standard InChI is InChI=1S/C17H26N2O/c1-3-19-5-4-18-15(19)14(20)17-9-12-6-13(10-17)8-16(2,7-12)11-17/h4-5,12-14,20H,3,6-11H2,1-2H3. The van der Waals surface area contributed by atoms with E-state index in [1.807, 2.05) is 12.4 Å². The van der Waals surface area contributed by atoms with Crippen LogP contribution in [-0.4, -0.2) is 14.7 Å². The zero-order valence-electron chi connectivity index (χ0n) is 12.7. The average Bonchev–Trinajstić information content (AvgIpc) is 2.82. The van der Waals surface area contributed by atoms with Gasteiger partial charge in [0.15, 0.2) is 0 Å². The van der Waals surface area contributed by atoms with Crippen molar-refractivity contribution in [2.24, 2.45) is 22.7 Å². The summed E-state index contributed by atoms with van der Waals surface area (Å²) in [5, 5.41) is 11.1. The smallest absolute Gasteiger partial charge is 0.138 e. The van der Waals surface area contributed by atoms with Gasteiger partial charge in [-0.15, -0.1) is 0 Å². The first-order chi connectivity index (χ1) is 9.54. The third-order valence-electron chi connectivity index (χ3n) is 6.31. The van der Waals surface area contributed by atoms with Gasteiger partial charge < -0.3 is 9.67 Å². The molecule has 0 radical (unpaired) electrons. The van der Waals surface area contributed by atoms with Crippen LogP contribution >= 0.6 is 0 Å². The first-order valence-electron chi connectivity index (χ1n) is 8.23. The molecule has 5 rings (SSSR count). The van der Waals surface area contributed by atoms with E-state index in [4.69, 9.17) is 0 Å². The van der Waals surface area contributed by atoms with Crippen molar-refractivity contribution in [2.45, 2.75) is 65.0 Å². The zero-order valence-corrected chi connectivity index (χ0v) is 12.7. The summed E-state index contributed by atoms with van der Waals surface area (Å²) >= 11 is 0. The number of hydrogen-bond donors (Lipinski definition) is 1. The van der Waals surface area contributed by atoms with Crippen LogP contribution < -0.4 is 0 Å². The predicted molar refractivity (Wildman–Crippen MR) is 78.1 cm³/mol. The van der Waals surface area contributed by atoms with Crippen LogP contribution in [0, 0.1) is 22.7 Å². The number of aliphatic hydroxyl groups excluding tert-OH is 1.